The van der Waals surface area contributed by atoms with Gasteiger partial charge in [-0.25, -0.2) is 4.79 Å². The molecule has 0 spiro atoms. The maximum absolute atomic E-state index is 11.7. The second kappa shape index (κ2) is 6.22. The largest absolute Gasteiger partial charge is 0.496 e. The van der Waals surface area contributed by atoms with Crippen LogP contribution in [0.1, 0.15) is 15.9 Å². The van der Waals surface area contributed by atoms with Crippen LogP contribution in [0.3, 0.4) is 0 Å². The van der Waals surface area contributed by atoms with Crippen LogP contribution in [0.4, 0.5) is 0 Å². The first-order valence-electron chi connectivity index (χ1n) is 5.19. The summed E-state index contributed by atoms with van der Waals surface area (Å²) >= 11 is 0. The van der Waals surface area contributed by atoms with Crippen LogP contribution in [0, 0.1) is 6.92 Å². The molecule has 0 aliphatic rings. The Labute approximate surface area is 99.6 Å². The minimum Gasteiger partial charge on any atom is -0.496 e. The van der Waals surface area contributed by atoms with Gasteiger partial charge in [0.2, 0.25) is 0 Å². The number of esters is 1. The van der Waals surface area contributed by atoms with Crippen LogP contribution < -0.4 is 4.74 Å². The zero-order valence-corrected chi connectivity index (χ0v) is 9.84. The predicted octanol–water partition coefficient (Wildman–Crippen LogP) is 0.514. The fourth-order valence-electron chi connectivity index (χ4n) is 1.31. The first kappa shape index (κ1) is 13.5. The van der Waals surface area contributed by atoms with Crippen molar-refractivity contribution in [3.8, 4) is 5.75 Å². The topological polar surface area (TPSA) is 76.0 Å². The van der Waals surface area contributed by atoms with E-state index in [0.29, 0.717) is 5.75 Å². The van der Waals surface area contributed by atoms with Crippen LogP contribution in [0.5, 0.6) is 5.75 Å². The van der Waals surface area contributed by atoms with Gasteiger partial charge in [-0.1, -0.05) is 6.07 Å². The number of methoxy groups -OCH3 is 1. The van der Waals surface area contributed by atoms with E-state index in [2.05, 4.69) is 0 Å². The molecule has 0 saturated heterocycles. The second-order valence-corrected chi connectivity index (χ2v) is 3.60. The van der Waals surface area contributed by atoms with Gasteiger partial charge in [0.05, 0.1) is 20.3 Å². The quantitative estimate of drug-likeness (QED) is 0.733. The fourth-order valence-corrected chi connectivity index (χ4v) is 1.31. The van der Waals surface area contributed by atoms with Crippen molar-refractivity contribution in [3.63, 3.8) is 0 Å². The molecule has 0 radical (unpaired) electrons. The third kappa shape index (κ3) is 3.44. The third-order valence-corrected chi connectivity index (χ3v) is 2.26. The van der Waals surface area contributed by atoms with Crippen LogP contribution in [0.15, 0.2) is 18.2 Å². The number of hydrogen-bond acceptors (Lipinski definition) is 5. The van der Waals surface area contributed by atoms with Crippen LogP contribution in [-0.2, 0) is 4.74 Å². The number of aliphatic hydroxyl groups excluding tert-OH is 2. The summed E-state index contributed by atoms with van der Waals surface area (Å²) in [5.41, 5.74) is 1.23. The van der Waals surface area contributed by atoms with Crippen LogP contribution in [-0.4, -0.2) is 42.6 Å². The van der Waals surface area contributed by atoms with E-state index in [0.717, 1.165) is 5.56 Å². The van der Waals surface area contributed by atoms with Crippen molar-refractivity contribution in [2.75, 3.05) is 20.3 Å². The predicted molar refractivity (Wildman–Crippen MR) is 61.1 cm³/mol. The summed E-state index contributed by atoms with van der Waals surface area (Å²) in [6.07, 6.45) is -0.909. The van der Waals surface area contributed by atoms with Gasteiger partial charge < -0.3 is 19.7 Å². The highest BCUT2D eigenvalue weighted by Crippen LogP contribution is 2.21. The van der Waals surface area contributed by atoms with Gasteiger partial charge in [-0.15, -0.1) is 0 Å². The highest BCUT2D eigenvalue weighted by molar-refractivity contribution is 5.92. The molecule has 0 atom stereocenters. The highest BCUT2D eigenvalue weighted by atomic mass is 16.6. The Morgan fingerprint density at radius 2 is 2.00 bits per heavy atom. The summed E-state index contributed by atoms with van der Waals surface area (Å²) in [6.45, 7) is 1.04. The smallest absolute Gasteiger partial charge is 0.342 e. The Morgan fingerprint density at radius 3 is 2.53 bits per heavy atom. The molecule has 2 N–H and O–H groups in total. The molecule has 0 amide bonds. The number of carbonyl (C=O) groups excluding carboxylic acids is 1. The average molecular weight is 240 g/mol. The minimum atomic E-state index is -0.909. The molecule has 1 aromatic carbocycles. The molecular formula is C12H16O5. The maximum Gasteiger partial charge on any atom is 0.342 e. The molecule has 17 heavy (non-hydrogen) atoms. The SMILES string of the molecule is COc1cc(C)ccc1C(=O)OC(CO)CO. The summed E-state index contributed by atoms with van der Waals surface area (Å²) in [4.78, 5) is 11.7. The van der Waals surface area contributed by atoms with Crippen LogP contribution in [0.25, 0.3) is 0 Å². The zero-order chi connectivity index (χ0) is 12.8. The number of aliphatic hydroxyl groups is 2. The number of ether oxygens (including phenoxy) is 2. The van der Waals surface area contributed by atoms with Crippen LogP contribution >= 0.6 is 0 Å². The number of carbonyl (C=O) groups is 1. The molecule has 1 rings (SSSR count). The lowest BCUT2D eigenvalue weighted by molar-refractivity contribution is -0.00568. The molecule has 0 aliphatic carbocycles. The van der Waals surface area contributed by atoms with Gasteiger partial charge >= 0.3 is 5.97 Å². The molecule has 5 heteroatoms. The Balaban J connectivity index is 2.88. The van der Waals surface area contributed by atoms with Crippen molar-refractivity contribution < 1.29 is 24.5 Å². The lowest BCUT2D eigenvalue weighted by Crippen LogP contribution is -2.25. The van der Waals surface area contributed by atoms with E-state index in [4.69, 9.17) is 19.7 Å². The van der Waals surface area contributed by atoms with Gasteiger partial charge in [0.25, 0.3) is 0 Å². The van der Waals surface area contributed by atoms with Crippen molar-refractivity contribution in [2.24, 2.45) is 0 Å². The van der Waals surface area contributed by atoms with Gasteiger partial charge in [0.1, 0.15) is 17.4 Å². The Bertz CT molecular complexity index is 384. The van der Waals surface area contributed by atoms with Gasteiger partial charge in [-0.05, 0) is 24.6 Å². The van der Waals surface area contributed by atoms with E-state index in [1.807, 2.05) is 6.92 Å². The monoisotopic (exact) mass is 240 g/mol. The third-order valence-electron chi connectivity index (χ3n) is 2.26. The molecule has 1 aromatic rings. The molecule has 5 nitrogen and oxygen atoms in total. The first-order chi connectivity index (χ1) is 8.12. The Morgan fingerprint density at radius 1 is 1.35 bits per heavy atom. The Kier molecular flexibility index (Phi) is 4.93. The number of aryl methyl sites for hydroxylation is 1. The molecule has 0 aromatic heterocycles. The lowest BCUT2D eigenvalue weighted by atomic mass is 10.1. The van der Waals surface area contributed by atoms with Crippen molar-refractivity contribution in [1.29, 1.82) is 0 Å². The van der Waals surface area contributed by atoms with E-state index in [9.17, 15) is 4.79 Å². The van der Waals surface area contributed by atoms with E-state index in [-0.39, 0.29) is 5.56 Å². The molecule has 0 fully saturated rings. The van der Waals surface area contributed by atoms with Crippen molar-refractivity contribution in [1.82, 2.24) is 0 Å². The molecule has 0 saturated carbocycles. The first-order valence-corrected chi connectivity index (χ1v) is 5.19. The van der Waals surface area contributed by atoms with Gasteiger partial charge in [0, 0.05) is 0 Å². The molecule has 0 aliphatic heterocycles. The summed E-state index contributed by atoms with van der Waals surface area (Å²) in [7, 11) is 1.46. The summed E-state index contributed by atoms with van der Waals surface area (Å²) in [5, 5.41) is 17.6. The van der Waals surface area contributed by atoms with Gasteiger partial charge in [0.15, 0.2) is 0 Å². The summed E-state index contributed by atoms with van der Waals surface area (Å²) in [5.74, 6) is -0.223. The normalized spacial score (nSPS) is 10.4. The van der Waals surface area contributed by atoms with E-state index in [1.54, 1.807) is 18.2 Å². The van der Waals surface area contributed by atoms with E-state index < -0.39 is 25.3 Å². The second-order valence-electron chi connectivity index (χ2n) is 3.60. The maximum atomic E-state index is 11.7. The van der Waals surface area contributed by atoms with Gasteiger partial charge in [-0.3, -0.25) is 0 Å². The number of rotatable bonds is 5. The average Bonchev–Trinajstić information content (AvgIpc) is 2.35. The minimum absolute atomic E-state index is 0.269. The molecular weight excluding hydrogens is 224 g/mol. The lowest BCUT2D eigenvalue weighted by Gasteiger charge is -2.14. The number of hydrogen-bond donors (Lipinski definition) is 2. The fraction of sp³-hybridized carbons (Fsp3) is 0.417. The van der Waals surface area contributed by atoms with Gasteiger partial charge in [-0.2, -0.15) is 0 Å². The zero-order valence-electron chi connectivity index (χ0n) is 9.84. The molecule has 0 bridgehead atoms. The summed E-state index contributed by atoms with van der Waals surface area (Å²) < 4.78 is 9.97. The van der Waals surface area contributed by atoms with E-state index >= 15 is 0 Å². The molecule has 94 valence electrons. The highest BCUT2D eigenvalue weighted by Gasteiger charge is 2.18. The van der Waals surface area contributed by atoms with Crippen LogP contribution in [0.2, 0.25) is 0 Å². The van der Waals surface area contributed by atoms with Crippen molar-refractivity contribution in [2.45, 2.75) is 13.0 Å². The van der Waals surface area contributed by atoms with Crippen molar-refractivity contribution in [3.05, 3.63) is 29.3 Å². The number of benzene rings is 1. The van der Waals surface area contributed by atoms with Crippen molar-refractivity contribution >= 4 is 5.97 Å². The summed E-state index contributed by atoms with van der Waals surface area (Å²) in [6, 6.07) is 5.05. The molecule has 0 unspecified atom stereocenters. The van der Waals surface area contributed by atoms with E-state index in [1.165, 1.54) is 7.11 Å². The Hall–Kier alpha value is -1.59. The molecule has 0 heterocycles. The standard InChI is InChI=1S/C12H16O5/c1-8-3-4-10(11(5-8)16-2)12(15)17-9(6-13)7-14/h3-5,9,13-14H,6-7H2,1-2H3.